The minimum atomic E-state index is -0.517. The number of amides is 2. The molecule has 51 heavy (non-hydrogen) atoms. The molecule has 1 aliphatic rings. The normalized spacial score (nSPS) is 13.6. The van der Waals surface area contributed by atoms with Gasteiger partial charge in [-0.1, -0.05) is 25.3 Å². The van der Waals surface area contributed by atoms with E-state index in [-0.39, 0.29) is 11.9 Å². The Morgan fingerprint density at radius 3 is 2.63 bits per heavy atom. The number of carbonyl (C=O) groups excluding carboxylic acids is 2. The molecule has 2 aromatic carbocycles. The van der Waals surface area contributed by atoms with Crippen molar-refractivity contribution < 1.29 is 19.1 Å². The fourth-order valence-electron chi connectivity index (χ4n) is 6.33. The number of imidazole rings is 1. The molecular weight excluding hydrogens is 648 g/mol. The lowest BCUT2D eigenvalue weighted by Crippen LogP contribution is -2.40. The number of nitrogens with zero attached hydrogens (tertiary/aromatic N) is 6. The molecule has 0 aliphatic heterocycles. The first-order valence-corrected chi connectivity index (χ1v) is 17.7. The number of hydrogen-bond acceptors (Lipinski definition) is 11. The molecule has 2 heterocycles. The molecule has 2 aromatic heterocycles. The standard InChI is InChI=1S/C37H50N10O4/c1-26(27-10-5-4-6-11-27)47(24-29-15-16-31(23-32(29)50-3)51-21-8-14-33(48)39-2)37-44-35(41-17-9-19-46-20-18-40-25-46)43-36(45-37)42-30-13-7-12-28(22-30)34(38)49/h7,12-13,15-16,18,20,22-23,25-27H,4-6,8-11,14,17,19,21,24H2,1-3H3,(H2,38,49)(H,39,48)(H2,41,42,43,44,45)/t26-/m0/s1. The maximum atomic E-state index is 11.9. The van der Waals surface area contributed by atoms with Gasteiger partial charge in [-0.15, -0.1) is 0 Å². The Balaban J connectivity index is 1.44. The monoisotopic (exact) mass is 698 g/mol. The third-order valence-corrected chi connectivity index (χ3v) is 9.24. The highest BCUT2D eigenvalue weighted by molar-refractivity contribution is 5.93. The van der Waals surface area contributed by atoms with E-state index in [0.29, 0.717) is 79.1 Å². The number of carbonyl (C=O) groups is 2. The van der Waals surface area contributed by atoms with Crippen molar-refractivity contribution >= 4 is 35.3 Å². The van der Waals surface area contributed by atoms with Crippen LogP contribution in [0.15, 0.2) is 61.2 Å². The van der Waals surface area contributed by atoms with Crippen molar-refractivity contribution in [1.82, 2.24) is 29.8 Å². The molecule has 2 amide bonds. The van der Waals surface area contributed by atoms with Crippen LogP contribution in [0.1, 0.15) is 74.2 Å². The van der Waals surface area contributed by atoms with E-state index < -0.39 is 5.91 Å². The van der Waals surface area contributed by atoms with Crippen LogP contribution < -0.4 is 36.1 Å². The Kier molecular flexibility index (Phi) is 13.4. The van der Waals surface area contributed by atoms with E-state index in [1.807, 2.05) is 35.0 Å². The summed E-state index contributed by atoms with van der Waals surface area (Å²) < 4.78 is 13.9. The highest BCUT2D eigenvalue weighted by atomic mass is 16.5. The molecule has 1 fully saturated rings. The van der Waals surface area contributed by atoms with E-state index in [0.717, 1.165) is 31.4 Å². The Morgan fingerprint density at radius 2 is 1.88 bits per heavy atom. The molecule has 0 bridgehead atoms. The second-order valence-electron chi connectivity index (χ2n) is 12.8. The molecule has 5 rings (SSSR count). The third kappa shape index (κ3) is 10.8. The molecule has 0 saturated heterocycles. The Morgan fingerprint density at radius 1 is 1.06 bits per heavy atom. The fraction of sp³-hybridized carbons (Fsp3) is 0.459. The summed E-state index contributed by atoms with van der Waals surface area (Å²) >= 11 is 0. The van der Waals surface area contributed by atoms with Gasteiger partial charge in [0.25, 0.3) is 0 Å². The van der Waals surface area contributed by atoms with Gasteiger partial charge in [-0.25, -0.2) is 4.98 Å². The Hall–Kier alpha value is -5.40. The van der Waals surface area contributed by atoms with Crippen molar-refractivity contribution in [3.63, 3.8) is 0 Å². The lowest BCUT2D eigenvalue weighted by molar-refractivity contribution is -0.120. The summed E-state index contributed by atoms with van der Waals surface area (Å²) in [4.78, 5) is 44.5. The number of ether oxygens (including phenoxy) is 2. The van der Waals surface area contributed by atoms with Crippen LogP contribution in [-0.2, 0) is 17.9 Å². The van der Waals surface area contributed by atoms with Crippen LogP contribution >= 0.6 is 0 Å². The molecule has 272 valence electrons. The zero-order valence-electron chi connectivity index (χ0n) is 29.8. The van der Waals surface area contributed by atoms with Crippen LogP contribution in [0.25, 0.3) is 0 Å². The SMILES string of the molecule is CNC(=O)CCCOc1ccc(CN(c2nc(NCCCn3ccnc3)nc(Nc3cccc(C(N)=O)c3)n2)[C@@H](C)C2CCCCC2)c(OC)c1. The maximum Gasteiger partial charge on any atom is 0.248 e. The molecule has 4 aromatic rings. The second-order valence-corrected chi connectivity index (χ2v) is 12.8. The number of nitrogens with two attached hydrogens (primary N) is 1. The van der Waals surface area contributed by atoms with Gasteiger partial charge in [-0.3, -0.25) is 9.59 Å². The number of aromatic nitrogens is 5. The zero-order valence-corrected chi connectivity index (χ0v) is 29.8. The van der Waals surface area contributed by atoms with Gasteiger partial charge in [0.1, 0.15) is 11.5 Å². The van der Waals surface area contributed by atoms with Gasteiger partial charge < -0.3 is 40.6 Å². The number of primary amides is 1. The topological polar surface area (TPSA) is 174 Å². The van der Waals surface area contributed by atoms with Crippen molar-refractivity contribution in [3.8, 4) is 11.5 Å². The highest BCUT2D eigenvalue weighted by Gasteiger charge is 2.29. The quantitative estimate of drug-likeness (QED) is 0.0936. The van der Waals surface area contributed by atoms with E-state index in [9.17, 15) is 9.59 Å². The fourth-order valence-corrected chi connectivity index (χ4v) is 6.33. The molecule has 5 N–H and O–H groups in total. The minimum absolute atomic E-state index is 0.0117. The number of anilines is 4. The molecule has 0 radical (unpaired) electrons. The van der Waals surface area contributed by atoms with Gasteiger partial charge in [-0.2, -0.15) is 15.0 Å². The Bertz CT molecular complexity index is 1710. The molecule has 0 unspecified atom stereocenters. The molecule has 0 spiro atoms. The van der Waals surface area contributed by atoms with Gasteiger partial charge in [0.15, 0.2) is 0 Å². The molecule has 14 heteroatoms. The zero-order chi connectivity index (χ0) is 36.0. The second kappa shape index (κ2) is 18.6. The van der Waals surface area contributed by atoms with Crippen LogP contribution in [0.4, 0.5) is 23.5 Å². The Labute approximate surface area is 299 Å². The molecular formula is C37H50N10O4. The summed E-state index contributed by atoms with van der Waals surface area (Å²) in [5, 5.41) is 9.32. The lowest BCUT2D eigenvalue weighted by atomic mass is 9.84. The van der Waals surface area contributed by atoms with E-state index in [2.05, 4.69) is 32.8 Å². The number of rotatable bonds is 19. The highest BCUT2D eigenvalue weighted by Crippen LogP contribution is 2.34. The summed E-state index contributed by atoms with van der Waals surface area (Å²) in [5.74, 6) is 2.59. The van der Waals surface area contributed by atoms with Crippen LogP contribution in [-0.4, -0.2) is 69.7 Å². The number of aryl methyl sites for hydroxylation is 1. The number of hydrogen-bond donors (Lipinski definition) is 4. The van der Waals surface area contributed by atoms with Crippen molar-refractivity contribution in [2.45, 2.75) is 77.4 Å². The van der Waals surface area contributed by atoms with Crippen molar-refractivity contribution in [2.24, 2.45) is 11.7 Å². The summed E-state index contributed by atoms with van der Waals surface area (Å²) in [7, 11) is 3.28. The predicted molar refractivity (Wildman–Crippen MR) is 197 cm³/mol. The van der Waals surface area contributed by atoms with E-state index in [4.69, 9.17) is 30.2 Å². The van der Waals surface area contributed by atoms with Crippen molar-refractivity contribution in [3.05, 3.63) is 72.3 Å². The first-order chi connectivity index (χ1) is 24.8. The third-order valence-electron chi connectivity index (χ3n) is 9.24. The van der Waals surface area contributed by atoms with Crippen molar-refractivity contribution in [1.29, 1.82) is 0 Å². The number of benzene rings is 2. The smallest absolute Gasteiger partial charge is 0.248 e. The maximum absolute atomic E-state index is 11.9. The summed E-state index contributed by atoms with van der Waals surface area (Å²) in [6.07, 6.45) is 13.3. The van der Waals surface area contributed by atoms with Gasteiger partial charge >= 0.3 is 0 Å². The summed E-state index contributed by atoms with van der Waals surface area (Å²) in [5.41, 5.74) is 7.53. The summed E-state index contributed by atoms with van der Waals surface area (Å²) in [6.45, 7) is 4.58. The lowest BCUT2D eigenvalue weighted by Gasteiger charge is -2.37. The first-order valence-electron chi connectivity index (χ1n) is 17.7. The van der Waals surface area contributed by atoms with Crippen molar-refractivity contribution in [2.75, 3.05) is 42.8 Å². The molecule has 1 atom stereocenters. The minimum Gasteiger partial charge on any atom is -0.496 e. The van der Waals surface area contributed by atoms with Crippen LogP contribution in [0.2, 0.25) is 0 Å². The first kappa shape index (κ1) is 36.9. The van der Waals surface area contributed by atoms with Crippen LogP contribution in [0, 0.1) is 5.92 Å². The van der Waals surface area contributed by atoms with Crippen LogP contribution in [0.3, 0.4) is 0 Å². The molecule has 14 nitrogen and oxygen atoms in total. The average Bonchev–Trinajstić information content (AvgIpc) is 3.68. The van der Waals surface area contributed by atoms with Gasteiger partial charge in [0, 0.05) is 74.4 Å². The van der Waals surface area contributed by atoms with Crippen LogP contribution in [0.5, 0.6) is 11.5 Å². The molecule has 1 aliphatic carbocycles. The largest absolute Gasteiger partial charge is 0.496 e. The number of nitrogens with one attached hydrogen (secondary N) is 3. The van der Waals surface area contributed by atoms with E-state index >= 15 is 0 Å². The van der Waals surface area contributed by atoms with Gasteiger partial charge in [0.05, 0.1) is 20.0 Å². The summed E-state index contributed by atoms with van der Waals surface area (Å²) in [6, 6.07) is 12.9. The average molecular weight is 699 g/mol. The van der Waals surface area contributed by atoms with Gasteiger partial charge in [-0.05, 0) is 68.9 Å². The molecule has 1 saturated carbocycles. The predicted octanol–water partition coefficient (Wildman–Crippen LogP) is 5.30. The number of methoxy groups -OCH3 is 1. The van der Waals surface area contributed by atoms with Gasteiger partial charge in [0.2, 0.25) is 29.7 Å². The van der Waals surface area contributed by atoms with E-state index in [1.54, 1.807) is 44.9 Å². The van der Waals surface area contributed by atoms with E-state index in [1.165, 1.54) is 19.3 Å².